The Bertz CT molecular complexity index is 915. The predicted molar refractivity (Wildman–Crippen MR) is 94.8 cm³/mol. The summed E-state index contributed by atoms with van der Waals surface area (Å²) in [5.74, 6) is -0.596. The lowest BCUT2D eigenvalue weighted by Gasteiger charge is -2.21. The monoisotopic (exact) mass is 337 g/mol. The summed E-state index contributed by atoms with van der Waals surface area (Å²) in [7, 11) is 0. The van der Waals surface area contributed by atoms with Crippen LogP contribution in [-0.4, -0.2) is 31.7 Å². The number of carbonyl (C=O) groups excluding carboxylic acids is 1. The lowest BCUT2D eigenvalue weighted by Crippen LogP contribution is -2.40. The summed E-state index contributed by atoms with van der Waals surface area (Å²) in [6.07, 6.45) is 0. The van der Waals surface area contributed by atoms with Crippen molar-refractivity contribution in [2.24, 2.45) is 5.10 Å². The molecule has 1 atom stereocenters. The Labute approximate surface area is 145 Å². The van der Waals surface area contributed by atoms with Gasteiger partial charge in [0.05, 0.1) is 17.8 Å². The van der Waals surface area contributed by atoms with E-state index in [2.05, 4.69) is 20.8 Å². The van der Waals surface area contributed by atoms with E-state index in [0.717, 1.165) is 11.0 Å². The second-order valence-corrected chi connectivity index (χ2v) is 5.96. The molecule has 0 saturated heterocycles. The van der Waals surface area contributed by atoms with E-state index in [9.17, 15) is 9.90 Å². The SMILES string of the molecule is C/C(Cn1nnc2ccccc21)=N/NC(=O)[C@@](C)(O)c1ccccc1. The summed E-state index contributed by atoms with van der Waals surface area (Å²) in [5.41, 5.74) is 3.58. The average Bonchev–Trinajstić information content (AvgIpc) is 3.03. The van der Waals surface area contributed by atoms with Gasteiger partial charge in [-0.1, -0.05) is 47.7 Å². The normalized spacial score (nSPS) is 14.3. The van der Waals surface area contributed by atoms with Crippen LogP contribution >= 0.6 is 0 Å². The van der Waals surface area contributed by atoms with Gasteiger partial charge in [-0.05, 0) is 31.5 Å². The molecule has 0 radical (unpaired) electrons. The van der Waals surface area contributed by atoms with Crippen molar-refractivity contribution < 1.29 is 9.90 Å². The number of carbonyl (C=O) groups is 1. The van der Waals surface area contributed by atoms with Crippen LogP contribution < -0.4 is 5.43 Å². The summed E-state index contributed by atoms with van der Waals surface area (Å²) in [6.45, 7) is 3.59. The highest BCUT2D eigenvalue weighted by atomic mass is 16.3. The molecule has 1 aromatic heterocycles. The fraction of sp³-hybridized carbons (Fsp3) is 0.222. The number of hydrogen-bond acceptors (Lipinski definition) is 5. The molecule has 2 aromatic carbocycles. The zero-order chi connectivity index (χ0) is 17.9. The van der Waals surface area contributed by atoms with E-state index in [-0.39, 0.29) is 0 Å². The number of benzene rings is 2. The third-order valence-electron chi connectivity index (χ3n) is 3.93. The molecule has 0 aliphatic carbocycles. The maximum atomic E-state index is 12.3. The molecular formula is C18H19N5O2. The summed E-state index contributed by atoms with van der Waals surface area (Å²) in [6, 6.07) is 16.3. The maximum absolute atomic E-state index is 12.3. The van der Waals surface area contributed by atoms with Gasteiger partial charge >= 0.3 is 0 Å². The van der Waals surface area contributed by atoms with Gasteiger partial charge in [-0.2, -0.15) is 5.10 Å². The molecule has 0 aliphatic rings. The molecule has 2 N–H and O–H groups in total. The summed E-state index contributed by atoms with van der Waals surface area (Å²) in [4.78, 5) is 12.3. The zero-order valence-corrected chi connectivity index (χ0v) is 14.0. The topological polar surface area (TPSA) is 92.4 Å². The van der Waals surface area contributed by atoms with Crippen molar-refractivity contribution in [2.45, 2.75) is 26.0 Å². The molecule has 3 rings (SSSR count). The number of fused-ring (bicyclic) bond motifs is 1. The minimum Gasteiger partial charge on any atom is -0.375 e. The Morgan fingerprint density at radius 1 is 1.20 bits per heavy atom. The van der Waals surface area contributed by atoms with Gasteiger partial charge in [-0.25, -0.2) is 10.1 Å². The van der Waals surface area contributed by atoms with Crippen molar-refractivity contribution in [1.29, 1.82) is 0 Å². The molecule has 7 nitrogen and oxygen atoms in total. The molecule has 0 fully saturated rings. The highest BCUT2D eigenvalue weighted by Gasteiger charge is 2.32. The van der Waals surface area contributed by atoms with Gasteiger partial charge < -0.3 is 5.11 Å². The van der Waals surface area contributed by atoms with E-state index in [0.29, 0.717) is 17.8 Å². The van der Waals surface area contributed by atoms with E-state index in [1.807, 2.05) is 30.3 Å². The molecule has 1 amide bonds. The number of para-hydroxylation sites is 1. The number of nitrogens with one attached hydrogen (secondary N) is 1. The van der Waals surface area contributed by atoms with E-state index in [4.69, 9.17) is 0 Å². The molecule has 0 aliphatic heterocycles. The van der Waals surface area contributed by atoms with Crippen molar-refractivity contribution in [1.82, 2.24) is 20.4 Å². The summed E-state index contributed by atoms with van der Waals surface area (Å²) in [5, 5.41) is 22.7. The maximum Gasteiger partial charge on any atom is 0.276 e. The number of aromatic nitrogens is 3. The van der Waals surface area contributed by atoms with E-state index < -0.39 is 11.5 Å². The first-order valence-electron chi connectivity index (χ1n) is 7.88. The molecule has 128 valence electrons. The summed E-state index contributed by atoms with van der Waals surface area (Å²) < 4.78 is 1.70. The Morgan fingerprint density at radius 2 is 1.88 bits per heavy atom. The van der Waals surface area contributed by atoms with Crippen LogP contribution in [0.3, 0.4) is 0 Å². The van der Waals surface area contributed by atoms with E-state index in [1.54, 1.807) is 35.9 Å². The van der Waals surface area contributed by atoms with Gasteiger partial charge in [-0.15, -0.1) is 5.10 Å². The molecular weight excluding hydrogens is 318 g/mol. The second-order valence-electron chi connectivity index (χ2n) is 5.96. The van der Waals surface area contributed by atoms with Crippen LogP contribution in [0.1, 0.15) is 19.4 Å². The van der Waals surface area contributed by atoms with Crippen LogP contribution in [0.25, 0.3) is 11.0 Å². The molecule has 0 bridgehead atoms. The first-order chi connectivity index (χ1) is 12.0. The fourth-order valence-corrected chi connectivity index (χ4v) is 2.44. The number of rotatable bonds is 5. The van der Waals surface area contributed by atoms with Crippen molar-refractivity contribution in [3.63, 3.8) is 0 Å². The lowest BCUT2D eigenvalue weighted by atomic mass is 9.95. The number of hydrazone groups is 1. The smallest absolute Gasteiger partial charge is 0.276 e. The molecule has 0 unspecified atom stereocenters. The predicted octanol–water partition coefficient (Wildman–Crippen LogP) is 1.83. The van der Waals surface area contributed by atoms with Crippen LogP contribution in [-0.2, 0) is 16.9 Å². The molecule has 1 heterocycles. The number of aliphatic hydroxyl groups is 1. The Balaban J connectivity index is 1.70. The third-order valence-corrected chi connectivity index (χ3v) is 3.93. The molecule has 3 aromatic rings. The van der Waals surface area contributed by atoms with Gasteiger partial charge in [0.1, 0.15) is 5.52 Å². The highest BCUT2D eigenvalue weighted by molar-refractivity contribution is 5.89. The molecule has 0 saturated carbocycles. The van der Waals surface area contributed by atoms with Crippen LogP contribution in [0.15, 0.2) is 59.7 Å². The van der Waals surface area contributed by atoms with Crippen LogP contribution in [0, 0.1) is 0 Å². The van der Waals surface area contributed by atoms with Gasteiger partial charge in [0.2, 0.25) is 0 Å². The largest absolute Gasteiger partial charge is 0.375 e. The molecule has 7 heteroatoms. The summed E-state index contributed by atoms with van der Waals surface area (Å²) >= 11 is 0. The van der Waals surface area contributed by atoms with Gasteiger partial charge in [0.25, 0.3) is 5.91 Å². The fourth-order valence-electron chi connectivity index (χ4n) is 2.44. The van der Waals surface area contributed by atoms with Crippen LogP contribution in [0.5, 0.6) is 0 Å². The Morgan fingerprint density at radius 3 is 2.64 bits per heavy atom. The van der Waals surface area contributed by atoms with E-state index >= 15 is 0 Å². The quantitative estimate of drug-likeness (QED) is 0.549. The van der Waals surface area contributed by atoms with Crippen molar-refractivity contribution in [2.75, 3.05) is 0 Å². The van der Waals surface area contributed by atoms with Gasteiger partial charge in [0, 0.05) is 0 Å². The number of nitrogens with zero attached hydrogens (tertiary/aromatic N) is 4. The standard InChI is InChI=1S/C18H19N5O2/c1-13(12-23-16-11-7-6-10-15(16)20-22-23)19-21-17(24)18(2,25)14-8-4-3-5-9-14/h3-11,25H,12H2,1-2H3,(H,21,24)/b19-13-/t18-/m0/s1. The van der Waals surface area contributed by atoms with Crippen LogP contribution in [0.2, 0.25) is 0 Å². The van der Waals surface area contributed by atoms with Crippen molar-refractivity contribution in [3.8, 4) is 0 Å². The third kappa shape index (κ3) is 3.56. The van der Waals surface area contributed by atoms with Crippen molar-refractivity contribution >= 4 is 22.7 Å². The number of amides is 1. The number of hydrogen-bond donors (Lipinski definition) is 2. The average molecular weight is 337 g/mol. The highest BCUT2D eigenvalue weighted by Crippen LogP contribution is 2.20. The Kier molecular flexibility index (Phi) is 4.58. The second kappa shape index (κ2) is 6.82. The van der Waals surface area contributed by atoms with Gasteiger partial charge in [0.15, 0.2) is 5.60 Å². The zero-order valence-electron chi connectivity index (χ0n) is 14.0. The first-order valence-corrected chi connectivity index (χ1v) is 7.88. The van der Waals surface area contributed by atoms with Crippen molar-refractivity contribution in [3.05, 3.63) is 60.2 Å². The van der Waals surface area contributed by atoms with E-state index in [1.165, 1.54) is 6.92 Å². The molecule has 25 heavy (non-hydrogen) atoms. The Hall–Kier alpha value is -3.06. The molecule has 0 spiro atoms. The first kappa shape index (κ1) is 16.8. The van der Waals surface area contributed by atoms with Gasteiger partial charge in [-0.3, -0.25) is 4.79 Å². The van der Waals surface area contributed by atoms with Crippen LogP contribution in [0.4, 0.5) is 0 Å². The minimum atomic E-state index is -1.66. The minimum absolute atomic E-state index is 0.383. The lowest BCUT2D eigenvalue weighted by molar-refractivity contribution is -0.139.